The van der Waals surface area contributed by atoms with E-state index < -0.39 is 11.3 Å². The van der Waals surface area contributed by atoms with Crippen LogP contribution in [0.25, 0.3) is 0 Å². The summed E-state index contributed by atoms with van der Waals surface area (Å²) in [4.78, 5) is 15.5. The zero-order valence-electron chi connectivity index (χ0n) is 11.2. The lowest BCUT2D eigenvalue weighted by Crippen LogP contribution is -2.37. The molecule has 0 fully saturated rings. The highest BCUT2D eigenvalue weighted by Gasteiger charge is 2.25. The molecule has 1 aromatic rings. The van der Waals surface area contributed by atoms with E-state index in [-0.39, 0.29) is 0 Å². The molecule has 0 radical (unpaired) electrons. The number of nitrogens with one attached hydrogen (secondary N) is 1. The molecule has 1 aromatic heterocycles. The first kappa shape index (κ1) is 14.0. The molecule has 0 aliphatic carbocycles. The van der Waals surface area contributed by atoms with Crippen LogP contribution in [-0.4, -0.2) is 17.4 Å². The van der Waals surface area contributed by atoms with Gasteiger partial charge in [-0.15, -0.1) is 0 Å². The molecule has 5 heteroatoms. The second kappa shape index (κ2) is 5.05. The fraction of sp³-hybridized carbons (Fsp3) is 0.462. The van der Waals surface area contributed by atoms with Gasteiger partial charge in [-0.3, -0.25) is 4.79 Å². The number of carbonyl (C=O) groups excluding carboxylic acids is 1. The van der Waals surface area contributed by atoms with Crippen molar-refractivity contribution in [3.63, 3.8) is 0 Å². The quantitative estimate of drug-likeness (QED) is 0.842. The number of primary amides is 1. The molecule has 0 saturated carbocycles. The summed E-state index contributed by atoms with van der Waals surface area (Å²) in [6.07, 6.45) is 0. The lowest BCUT2D eigenvalue weighted by atomic mass is 9.92. The Hall–Kier alpha value is -2.09. The second-order valence-corrected chi connectivity index (χ2v) is 5.02. The topological polar surface area (TPSA) is 91.8 Å². The average Bonchev–Trinajstić information content (AvgIpc) is 2.25. The summed E-state index contributed by atoms with van der Waals surface area (Å²) in [6.45, 7) is 7.55. The average molecular weight is 246 g/mol. The van der Waals surface area contributed by atoms with Gasteiger partial charge in [-0.25, -0.2) is 4.98 Å². The standard InChI is InChI=1S/C13H18N4O/c1-8-5-9(2)17-11(10(8)6-14)16-7-13(3,4)12(15)18/h5H,7H2,1-4H3,(H2,15,18)(H,16,17). The van der Waals surface area contributed by atoms with Crippen molar-refractivity contribution in [1.82, 2.24) is 4.98 Å². The van der Waals surface area contributed by atoms with Gasteiger partial charge in [-0.05, 0) is 39.3 Å². The van der Waals surface area contributed by atoms with Gasteiger partial charge in [-0.2, -0.15) is 5.26 Å². The Morgan fingerprint density at radius 2 is 2.17 bits per heavy atom. The Kier molecular flexibility index (Phi) is 3.92. The fourth-order valence-corrected chi connectivity index (χ4v) is 1.50. The monoisotopic (exact) mass is 246 g/mol. The van der Waals surface area contributed by atoms with Crippen LogP contribution in [0.1, 0.15) is 30.7 Å². The fourth-order valence-electron chi connectivity index (χ4n) is 1.50. The van der Waals surface area contributed by atoms with Crippen LogP contribution in [0, 0.1) is 30.6 Å². The highest BCUT2D eigenvalue weighted by Crippen LogP contribution is 2.20. The maximum atomic E-state index is 11.2. The normalized spacial score (nSPS) is 10.8. The smallest absolute Gasteiger partial charge is 0.224 e. The van der Waals surface area contributed by atoms with Gasteiger partial charge in [0.15, 0.2) is 0 Å². The summed E-state index contributed by atoms with van der Waals surface area (Å²) in [7, 11) is 0. The summed E-state index contributed by atoms with van der Waals surface area (Å²) in [6, 6.07) is 3.97. The van der Waals surface area contributed by atoms with Crippen LogP contribution >= 0.6 is 0 Å². The molecule has 1 rings (SSSR count). The number of hydrogen-bond donors (Lipinski definition) is 2. The zero-order chi connectivity index (χ0) is 13.9. The van der Waals surface area contributed by atoms with Gasteiger partial charge < -0.3 is 11.1 Å². The van der Waals surface area contributed by atoms with E-state index in [4.69, 9.17) is 11.0 Å². The molecule has 0 atom stereocenters. The zero-order valence-corrected chi connectivity index (χ0v) is 11.2. The van der Waals surface area contributed by atoms with Crippen LogP contribution < -0.4 is 11.1 Å². The van der Waals surface area contributed by atoms with Crippen molar-refractivity contribution in [3.05, 3.63) is 22.9 Å². The number of hydrogen-bond acceptors (Lipinski definition) is 4. The number of anilines is 1. The third-order valence-electron chi connectivity index (χ3n) is 2.82. The number of amides is 1. The van der Waals surface area contributed by atoms with Crippen molar-refractivity contribution >= 4 is 11.7 Å². The Labute approximate surface area is 107 Å². The number of nitrogens with two attached hydrogens (primary N) is 1. The molecule has 0 unspecified atom stereocenters. The molecule has 1 amide bonds. The van der Waals surface area contributed by atoms with Crippen LogP contribution in [0.5, 0.6) is 0 Å². The maximum absolute atomic E-state index is 11.2. The molecular formula is C13H18N4O. The lowest BCUT2D eigenvalue weighted by molar-refractivity contribution is -0.125. The van der Waals surface area contributed by atoms with Gasteiger partial charge in [0, 0.05) is 12.2 Å². The molecule has 3 N–H and O–H groups in total. The SMILES string of the molecule is Cc1cc(C)c(C#N)c(NCC(C)(C)C(N)=O)n1. The third-order valence-corrected chi connectivity index (χ3v) is 2.82. The minimum Gasteiger partial charge on any atom is -0.369 e. The van der Waals surface area contributed by atoms with Crippen molar-refractivity contribution in [2.24, 2.45) is 11.1 Å². The summed E-state index contributed by atoms with van der Waals surface area (Å²) >= 11 is 0. The van der Waals surface area contributed by atoms with Gasteiger partial charge in [-0.1, -0.05) is 0 Å². The van der Waals surface area contributed by atoms with E-state index in [2.05, 4.69) is 16.4 Å². The molecule has 0 aliphatic rings. The Morgan fingerprint density at radius 1 is 1.56 bits per heavy atom. The van der Waals surface area contributed by atoms with E-state index >= 15 is 0 Å². The number of nitriles is 1. The van der Waals surface area contributed by atoms with E-state index in [1.54, 1.807) is 13.8 Å². The minimum absolute atomic E-state index is 0.340. The van der Waals surface area contributed by atoms with Gasteiger partial charge >= 0.3 is 0 Å². The molecule has 0 spiro atoms. The summed E-state index contributed by atoms with van der Waals surface area (Å²) in [5.41, 5.74) is 6.80. The first-order chi connectivity index (χ1) is 8.27. The molecule has 18 heavy (non-hydrogen) atoms. The van der Waals surface area contributed by atoms with Crippen LogP contribution in [-0.2, 0) is 4.79 Å². The van der Waals surface area contributed by atoms with Crippen molar-refractivity contribution < 1.29 is 4.79 Å². The van der Waals surface area contributed by atoms with Crippen LogP contribution in [0.4, 0.5) is 5.82 Å². The first-order valence-electron chi connectivity index (χ1n) is 5.70. The molecule has 0 bridgehead atoms. The van der Waals surface area contributed by atoms with E-state index in [1.165, 1.54) is 0 Å². The largest absolute Gasteiger partial charge is 0.369 e. The van der Waals surface area contributed by atoms with Crippen molar-refractivity contribution in [3.8, 4) is 6.07 Å². The number of aromatic nitrogens is 1. The van der Waals surface area contributed by atoms with Gasteiger partial charge in [0.25, 0.3) is 0 Å². The Morgan fingerprint density at radius 3 is 2.67 bits per heavy atom. The molecule has 5 nitrogen and oxygen atoms in total. The van der Waals surface area contributed by atoms with E-state index in [0.29, 0.717) is 17.9 Å². The van der Waals surface area contributed by atoms with Crippen molar-refractivity contribution in [2.45, 2.75) is 27.7 Å². The minimum atomic E-state index is -0.688. The first-order valence-corrected chi connectivity index (χ1v) is 5.70. The second-order valence-electron chi connectivity index (χ2n) is 5.02. The van der Waals surface area contributed by atoms with E-state index in [0.717, 1.165) is 11.3 Å². The summed E-state index contributed by atoms with van der Waals surface area (Å²) in [5.74, 6) is 0.113. The predicted molar refractivity (Wildman–Crippen MR) is 69.9 cm³/mol. The highest BCUT2D eigenvalue weighted by atomic mass is 16.1. The molecule has 0 saturated heterocycles. The molecular weight excluding hydrogens is 228 g/mol. The summed E-state index contributed by atoms with van der Waals surface area (Å²) < 4.78 is 0. The van der Waals surface area contributed by atoms with Crippen molar-refractivity contribution in [2.75, 3.05) is 11.9 Å². The molecule has 96 valence electrons. The van der Waals surface area contributed by atoms with Crippen LogP contribution in [0.15, 0.2) is 6.07 Å². The summed E-state index contributed by atoms with van der Waals surface area (Å²) in [5, 5.41) is 12.1. The van der Waals surface area contributed by atoms with Gasteiger partial charge in [0.2, 0.25) is 5.91 Å². The van der Waals surface area contributed by atoms with Crippen LogP contribution in [0.3, 0.4) is 0 Å². The lowest BCUT2D eigenvalue weighted by Gasteiger charge is -2.21. The Bertz CT molecular complexity index is 514. The number of nitrogens with zero attached hydrogens (tertiary/aromatic N) is 2. The van der Waals surface area contributed by atoms with E-state index in [9.17, 15) is 4.79 Å². The van der Waals surface area contributed by atoms with Crippen molar-refractivity contribution in [1.29, 1.82) is 5.26 Å². The third kappa shape index (κ3) is 2.98. The predicted octanol–water partition coefficient (Wildman–Crippen LogP) is 1.49. The van der Waals surface area contributed by atoms with E-state index in [1.807, 2.05) is 19.9 Å². The number of aryl methyl sites for hydroxylation is 2. The van der Waals surface area contributed by atoms with Gasteiger partial charge in [0.05, 0.1) is 11.0 Å². The van der Waals surface area contributed by atoms with Crippen LogP contribution in [0.2, 0.25) is 0 Å². The highest BCUT2D eigenvalue weighted by molar-refractivity contribution is 5.80. The number of carbonyl (C=O) groups is 1. The maximum Gasteiger partial charge on any atom is 0.224 e. The van der Waals surface area contributed by atoms with Gasteiger partial charge in [0.1, 0.15) is 11.9 Å². The Balaban J connectivity index is 2.99. The molecule has 0 aliphatic heterocycles. The molecule has 1 heterocycles. The molecule has 0 aromatic carbocycles. The number of rotatable bonds is 4. The number of pyridine rings is 1.